The second-order valence-electron chi connectivity index (χ2n) is 4.73. The van der Waals surface area contributed by atoms with Crippen LogP contribution in [0.3, 0.4) is 0 Å². The summed E-state index contributed by atoms with van der Waals surface area (Å²) >= 11 is 1.35. The summed E-state index contributed by atoms with van der Waals surface area (Å²) in [7, 11) is 3.04. The van der Waals surface area contributed by atoms with Crippen LogP contribution in [0.15, 0.2) is 30.5 Å². The van der Waals surface area contributed by atoms with E-state index in [9.17, 15) is 4.79 Å². The molecule has 5 nitrogen and oxygen atoms in total. The maximum absolute atomic E-state index is 11.8. The fraction of sp³-hybridized carbons (Fsp3) is 0.250. The van der Waals surface area contributed by atoms with E-state index in [-0.39, 0.29) is 5.97 Å². The van der Waals surface area contributed by atoms with E-state index < -0.39 is 0 Å². The summed E-state index contributed by atoms with van der Waals surface area (Å²) in [5.74, 6) is 0.482. The van der Waals surface area contributed by atoms with Gasteiger partial charge in [-0.3, -0.25) is 4.40 Å². The maximum atomic E-state index is 11.8. The lowest BCUT2D eigenvalue weighted by atomic mass is 10.1. The van der Waals surface area contributed by atoms with Gasteiger partial charge in [0.1, 0.15) is 10.6 Å². The Kier molecular flexibility index (Phi) is 3.85. The van der Waals surface area contributed by atoms with Gasteiger partial charge in [-0.1, -0.05) is 30.4 Å². The van der Waals surface area contributed by atoms with Crippen LogP contribution in [0.1, 0.15) is 22.3 Å². The van der Waals surface area contributed by atoms with E-state index >= 15 is 0 Å². The number of methoxy groups -OCH3 is 2. The van der Waals surface area contributed by atoms with Gasteiger partial charge in [-0.2, -0.15) is 0 Å². The van der Waals surface area contributed by atoms with Crippen molar-refractivity contribution >= 4 is 22.3 Å². The van der Waals surface area contributed by atoms with Gasteiger partial charge in [-0.25, -0.2) is 9.78 Å². The third-order valence-electron chi connectivity index (χ3n) is 3.49. The summed E-state index contributed by atoms with van der Waals surface area (Å²) in [4.78, 5) is 17.9. The van der Waals surface area contributed by atoms with Gasteiger partial charge < -0.3 is 9.47 Å². The van der Waals surface area contributed by atoms with Crippen LogP contribution in [-0.4, -0.2) is 29.6 Å². The highest BCUT2D eigenvalue weighted by atomic mass is 32.1. The van der Waals surface area contributed by atoms with Crippen molar-refractivity contribution in [1.82, 2.24) is 9.38 Å². The summed E-state index contributed by atoms with van der Waals surface area (Å²) in [5, 5.41) is 0. The lowest BCUT2D eigenvalue weighted by Gasteiger charge is -2.02. The summed E-state index contributed by atoms with van der Waals surface area (Å²) < 4.78 is 12.0. The molecule has 0 saturated carbocycles. The van der Waals surface area contributed by atoms with Gasteiger partial charge in [0.05, 0.1) is 19.9 Å². The molecule has 0 aliphatic carbocycles. The van der Waals surface area contributed by atoms with E-state index in [1.54, 1.807) is 7.11 Å². The predicted octanol–water partition coefficient (Wildman–Crippen LogP) is 3.42. The first-order valence-corrected chi connectivity index (χ1v) is 7.73. The number of esters is 1. The van der Waals surface area contributed by atoms with Gasteiger partial charge in [0, 0.05) is 17.5 Å². The maximum Gasteiger partial charge on any atom is 0.349 e. The average Bonchev–Trinajstić information content (AvgIpc) is 3.11. The Hall–Kier alpha value is -2.34. The number of benzene rings is 1. The SMILES string of the molecule is CCc1c(C(=O)OC)sc2nc(-c3cccc(OC)c3)cn12. The first-order chi connectivity index (χ1) is 10.7. The number of hydrogen-bond acceptors (Lipinski definition) is 5. The first kappa shape index (κ1) is 14.6. The molecule has 0 fully saturated rings. The number of aromatic nitrogens is 2. The molecule has 0 aliphatic heterocycles. The van der Waals surface area contributed by atoms with Gasteiger partial charge in [0.25, 0.3) is 0 Å². The molecule has 0 aliphatic rings. The Bertz CT molecular complexity index is 835. The number of carbonyl (C=O) groups excluding carboxylic acids is 1. The number of thiazole rings is 1. The molecule has 1 aromatic carbocycles. The highest BCUT2D eigenvalue weighted by molar-refractivity contribution is 7.19. The average molecular weight is 316 g/mol. The Morgan fingerprint density at radius 1 is 1.36 bits per heavy atom. The van der Waals surface area contributed by atoms with Crippen molar-refractivity contribution in [2.24, 2.45) is 0 Å². The van der Waals surface area contributed by atoms with Crippen LogP contribution >= 0.6 is 11.3 Å². The molecule has 22 heavy (non-hydrogen) atoms. The zero-order valence-electron chi connectivity index (χ0n) is 12.6. The molecular weight excluding hydrogens is 300 g/mol. The number of rotatable bonds is 4. The molecule has 0 N–H and O–H groups in total. The van der Waals surface area contributed by atoms with Crippen molar-refractivity contribution in [3.8, 4) is 17.0 Å². The molecule has 6 heteroatoms. The number of ether oxygens (including phenoxy) is 2. The first-order valence-electron chi connectivity index (χ1n) is 6.91. The van der Waals surface area contributed by atoms with E-state index in [0.717, 1.165) is 34.1 Å². The summed E-state index contributed by atoms with van der Waals surface area (Å²) in [6.45, 7) is 2.01. The third kappa shape index (κ3) is 2.35. The Morgan fingerprint density at radius 3 is 2.86 bits per heavy atom. The van der Waals surface area contributed by atoms with E-state index in [0.29, 0.717) is 4.88 Å². The van der Waals surface area contributed by atoms with Crippen molar-refractivity contribution in [1.29, 1.82) is 0 Å². The van der Waals surface area contributed by atoms with Crippen LogP contribution < -0.4 is 4.74 Å². The van der Waals surface area contributed by atoms with E-state index in [1.807, 2.05) is 41.8 Å². The monoisotopic (exact) mass is 316 g/mol. The topological polar surface area (TPSA) is 52.8 Å². The lowest BCUT2D eigenvalue weighted by Crippen LogP contribution is -2.03. The van der Waals surface area contributed by atoms with Crippen molar-refractivity contribution < 1.29 is 14.3 Å². The molecule has 3 aromatic rings. The zero-order chi connectivity index (χ0) is 15.7. The predicted molar refractivity (Wildman–Crippen MR) is 85.8 cm³/mol. The van der Waals surface area contributed by atoms with Gasteiger partial charge >= 0.3 is 5.97 Å². The number of carbonyl (C=O) groups is 1. The molecule has 3 rings (SSSR count). The third-order valence-corrected chi connectivity index (χ3v) is 4.57. The molecule has 0 amide bonds. The highest BCUT2D eigenvalue weighted by Crippen LogP contribution is 2.29. The van der Waals surface area contributed by atoms with Crippen LogP contribution in [0.4, 0.5) is 0 Å². The number of hydrogen-bond donors (Lipinski definition) is 0. The molecule has 0 spiro atoms. The lowest BCUT2D eigenvalue weighted by molar-refractivity contribution is 0.0604. The summed E-state index contributed by atoms with van der Waals surface area (Å²) in [5.41, 5.74) is 2.77. The number of aryl methyl sites for hydroxylation is 1. The molecule has 2 heterocycles. The fourth-order valence-corrected chi connectivity index (χ4v) is 3.51. The largest absolute Gasteiger partial charge is 0.497 e. The second kappa shape index (κ2) is 5.81. The van der Waals surface area contributed by atoms with Crippen molar-refractivity contribution in [3.63, 3.8) is 0 Å². The highest BCUT2D eigenvalue weighted by Gasteiger charge is 2.20. The minimum absolute atomic E-state index is 0.310. The molecule has 114 valence electrons. The summed E-state index contributed by atoms with van der Waals surface area (Å²) in [6, 6.07) is 7.76. The van der Waals surface area contributed by atoms with Crippen LogP contribution in [-0.2, 0) is 11.2 Å². The van der Waals surface area contributed by atoms with Crippen LogP contribution in [0.2, 0.25) is 0 Å². The zero-order valence-corrected chi connectivity index (χ0v) is 13.4. The molecule has 0 radical (unpaired) electrons. The van der Waals surface area contributed by atoms with Crippen molar-refractivity contribution in [2.45, 2.75) is 13.3 Å². The van der Waals surface area contributed by atoms with Gasteiger partial charge in [-0.05, 0) is 18.6 Å². The quantitative estimate of drug-likeness (QED) is 0.692. The smallest absolute Gasteiger partial charge is 0.349 e. The number of fused-ring (bicyclic) bond motifs is 1. The van der Waals surface area contributed by atoms with Crippen molar-refractivity contribution in [3.05, 3.63) is 41.0 Å². The Morgan fingerprint density at radius 2 is 2.18 bits per heavy atom. The minimum atomic E-state index is -0.310. The normalized spacial score (nSPS) is 10.9. The van der Waals surface area contributed by atoms with Crippen LogP contribution in [0, 0.1) is 0 Å². The Balaban J connectivity index is 2.10. The second-order valence-corrected chi connectivity index (χ2v) is 5.71. The van der Waals surface area contributed by atoms with Crippen LogP contribution in [0.5, 0.6) is 5.75 Å². The molecule has 0 saturated heterocycles. The molecule has 0 bridgehead atoms. The molecule has 2 aromatic heterocycles. The number of nitrogens with zero attached hydrogens (tertiary/aromatic N) is 2. The fourth-order valence-electron chi connectivity index (χ4n) is 2.39. The molecular formula is C16H16N2O3S. The van der Waals surface area contributed by atoms with E-state index in [2.05, 4.69) is 4.98 Å². The van der Waals surface area contributed by atoms with Crippen molar-refractivity contribution in [2.75, 3.05) is 14.2 Å². The van der Waals surface area contributed by atoms with Gasteiger partial charge in [-0.15, -0.1) is 0 Å². The minimum Gasteiger partial charge on any atom is -0.497 e. The Labute approximate surface area is 132 Å². The van der Waals surface area contributed by atoms with Gasteiger partial charge in [0.15, 0.2) is 4.96 Å². The molecule has 0 unspecified atom stereocenters. The standard InChI is InChI=1S/C16H16N2O3S/c1-4-13-14(15(19)21-3)22-16-17-12(9-18(13)16)10-6-5-7-11(8-10)20-2/h5-9H,4H2,1-3H3. The van der Waals surface area contributed by atoms with E-state index in [4.69, 9.17) is 9.47 Å². The van der Waals surface area contributed by atoms with Crippen LogP contribution in [0.25, 0.3) is 16.2 Å². The molecule has 0 atom stereocenters. The van der Waals surface area contributed by atoms with E-state index in [1.165, 1.54) is 18.4 Å². The number of imidazole rings is 1. The van der Waals surface area contributed by atoms with Gasteiger partial charge in [0.2, 0.25) is 0 Å². The summed E-state index contributed by atoms with van der Waals surface area (Å²) in [6.07, 6.45) is 2.68.